The Hall–Kier alpha value is -0.280. The molecule has 0 aliphatic rings. The number of nitrogens with two attached hydrogens (primary N) is 1. The van der Waals surface area contributed by atoms with Crippen LogP contribution in [0.5, 0.6) is 0 Å². The molecule has 0 aliphatic carbocycles. The summed E-state index contributed by atoms with van der Waals surface area (Å²) in [6, 6.07) is 0. The van der Waals surface area contributed by atoms with Crippen LogP contribution in [0.15, 0.2) is 0 Å². The van der Waals surface area contributed by atoms with E-state index in [1.807, 2.05) is 27.7 Å². The van der Waals surface area contributed by atoms with Gasteiger partial charge in [-0.1, -0.05) is 0 Å². The van der Waals surface area contributed by atoms with E-state index in [-0.39, 0.29) is 24.6 Å². The van der Waals surface area contributed by atoms with E-state index in [1.54, 1.807) is 14.0 Å². The normalized spacial score (nSPS) is 19.0. The van der Waals surface area contributed by atoms with Crippen LogP contribution in [0.25, 0.3) is 0 Å². The Kier molecular flexibility index (Phi) is 12.1. The van der Waals surface area contributed by atoms with Crippen molar-refractivity contribution in [2.24, 2.45) is 5.90 Å². The van der Waals surface area contributed by atoms with Crippen LogP contribution in [0.3, 0.4) is 0 Å². The molecule has 0 aromatic rings. The molecule has 5 unspecified atom stereocenters. The van der Waals surface area contributed by atoms with E-state index < -0.39 is 6.29 Å². The second-order valence-electron chi connectivity index (χ2n) is 5.07. The second kappa shape index (κ2) is 12.3. The highest BCUT2D eigenvalue weighted by atomic mass is 16.8. The van der Waals surface area contributed by atoms with Gasteiger partial charge in [-0.05, 0) is 34.6 Å². The minimum Gasteiger partial charge on any atom is -0.373 e. The molecule has 0 bridgehead atoms. The van der Waals surface area contributed by atoms with Crippen LogP contribution in [0.4, 0.5) is 0 Å². The molecule has 7 heteroatoms. The van der Waals surface area contributed by atoms with Gasteiger partial charge in [0.05, 0.1) is 38.1 Å². The van der Waals surface area contributed by atoms with Crippen molar-refractivity contribution in [3.8, 4) is 0 Å². The highest BCUT2D eigenvalue weighted by molar-refractivity contribution is 4.55. The highest BCUT2D eigenvalue weighted by Gasteiger charge is 2.12. The first kappa shape index (κ1) is 20.7. The lowest BCUT2D eigenvalue weighted by Crippen LogP contribution is -2.30. The molecule has 0 saturated carbocycles. The van der Waals surface area contributed by atoms with Crippen molar-refractivity contribution >= 4 is 0 Å². The molecule has 0 aliphatic heterocycles. The third-order valence-corrected chi connectivity index (χ3v) is 2.74. The van der Waals surface area contributed by atoms with E-state index in [0.29, 0.717) is 19.8 Å². The summed E-state index contributed by atoms with van der Waals surface area (Å²) >= 11 is 0. The standard InChI is InChI=1S/C14H31NO6/c1-10(18-9-12(3)20-14(5)21-15)7-17-11(2)8-19-13(4)16-6/h10-14H,7-9,15H2,1-6H3. The Morgan fingerprint density at radius 1 is 0.714 bits per heavy atom. The summed E-state index contributed by atoms with van der Waals surface area (Å²) in [6.07, 6.45) is -0.834. The molecule has 0 heterocycles. The first-order valence-corrected chi connectivity index (χ1v) is 7.27. The third kappa shape index (κ3) is 12.0. The minimum absolute atomic E-state index is 0.0204. The predicted molar refractivity (Wildman–Crippen MR) is 78.5 cm³/mol. The SMILES string of the molecule is COC(C)OCC(C)OCC(C)OCC(C)OC(C)ON. The summed E-state index contributed by atoms with van der Waals surface area (Å²) in [7, 11) is 1.60. The first-order chi connectivity index (χ1) is 9.88. The maximum Gasteiger partial charge on any atom is 0.174 e. The lowest BCUT2D eigenvalue weighted by Gasteiger charge is -2.22. The fraction of sp³-hybridized carbons (Fsp3) is 1.00. The Morgan fingerprint density at radius 2 is 1.19 bits per heavy atom. The molecular formula is C14H31NO6. The average Bonchev–Trinajstić information content (AvgIpc) is 2.47. The molecule has 0 saturated heterocycles. The van der Waals surface area contributed by atoms with E-state index in [1.165, 1.54) is 0 Å². The number of ether oxygens (including phenoxy) is 5. The van der Waals surface area contributed by atoms with E-state index in [0.717, 1.165) is 0 Å². The van der Waals surface area contributed by atoms with Gasteiger partial charge in [0.2, 0.25) is 0 Å². The highest BCUT2D eigenvalue weighted by Crippen LogP contribution is 2.03. The quantitative estimate of drug-likeness (QED) is 0.407. The van der Waals surface area contributed by atoms with Crippen molar-refractivity contribution in [1.29, 1.82) is 0 Å². The van der Waals surface area contributed by atoms with Gasteiger partial charge in [-0.2, -0.15) is 0 Å². The van der Waals surface area contributed by atoms with Crippen LogP contribution >= 0.6 is 0 Å². The number of methoxy groups -OCH3 is 1. The van der Waals surface area contributed by atoms with Crippen molar-refractivity contribution in [2.75, 3.05) is 26.9 Å². The monoisotopic (exact) mass is 309 g/mol. The van der Waals surface area contributed by atoms with E-state index in [4.69, 9.17) is 29.6 Å². The Bertz CT molecular complexity index is 244. The summed E-state index contributed by atoms with van der Waals surface area (Å²) in [4.78, 5) is 4.54. The Labute approximate surface area is 127 Å². The van der Waals surface area contributed by atoms with Gasteiger partial charge in [-0.25, -0.2) is 5.90 Å². The van der Waals surface area contributed by atoms with Gasteiger partial charge < -0.3 is 23.7 Å². The van der Waals surface area contributed by atoms with Gasteiger partial charge in [-0.3, -0.25) is 4.84 Å². The van der Waals surface area contributed by atoms with Crippen molar-refractivity contribution in [1.82, 2.24) is 0 Å². The van der Waals surface area contributed by atoms with Crippen molar-refractivity contribution in [3.05, 3.63) is 0 Å². The fourth-order valence-corrected chi connectivity index (χ4v) is 1.43. The maximum absolute atomic E-state index is 5.64. The molecule has 0 aromatic carbocycles. The first-order valence-electron chi connectivity index (χ1n) is 7.27. The van der Waals surface area contributed by atoms with Crippen molar-refractivity contribution in [3.63, 3.8) is 0 Å². The van der Waals surface area contributed by atoms with Gasteiger partial charge in [0, 0.05) is 7.11 Å². The molecular weight excluding hydrogens is 278 g/mol. The zero-order chi connectivity index (χ0) is 16.3. The van der Waals surface area contributed by atoms with E-state index in [2.05, 4.69) is 4.84 Å². The van der Waals surface area contributed by atoms with Crippen LogP contribution in [0.1, 0.15) is 34.6 Å². The Balaban J connectivity index is 3.67. The molecule has 0 amide bonds. The van der Waals surface area contributed by atoms with Crippen molar-refractivity contribution < 1.29 is 28.5 Å². The molecule has 5 atom stereocenters. The van der Waals surface area contributed by atoms with E-state index in [9.17, 15) is 0 Å². The average molecular weight is 309 g/mol. The van der Waals surface area contributed by atoms with Crippen LogP contribution in [-0.4, -0.2) is 57.8 Å². The third-order valence-electron chi connectivity index (χ3n) is 2.74. The second-order valence-corrected chi connectivity index (χ2v) is 5.07. The van der Waals surface area contributed by atoms with Crippen LogP contribution < -0.4 is 5.90 Å². The summed E-state index contributed by atoms with van der Waals surface area (Å²) in [6.45, 7) is 10.8. The van der Waals surface area contributed by atoms with E-state index >= 15 is 0 Å². The molecule has 0 spiro atoms. The minimum atomic E-state index is -0.449. The lowest BCUT2D eigenvalue weighted by atomic mass is 10.4. The van der Waals surface area contributed by atoms with Crippen LogP contribution in [0, 0.1) is 0 Å². The van der Waals surface area contributed by atoms with Gasteiger partial charge in [-0.15, -0.1) is 0 Å². The van der Waals surface area contributed by atoms with Crippen LogP contribution in [0.2, 0.25) is 0 Å². The number of hydrogen-bond donors (Lipinski definition) is 1. The van der Waals surface area contributed by atoms with Gasteiger partial charge >= 0.3 is 0 Å². The Morgan fingerprint density at radius 3 is 1.67 bits per heavy atom. The number of hydrogen-bond acceptors (Lipinski definition) is 7. The van der Waals surface area contributed by atoms with Gasteiger partial charge in [0.25, 0.3) is 0 Å². The smallest absolute Gasteiger partial charge is 0.174 e. The molecule has 0 rings (SSSR count). The molecule has 2 N–H and O–H groups in total. The lowest BCUT2D eigenvalue weighted by molar-refractivity contribution is -0.177. The zero-order valence-corrected chi connectivity index (χ0v) is 14.0. The summed E-state index contributed by atoms with van der Waals surface area (Å²) in [5.41, 5.74) is 0. The molecule has 21 heavy (non-hydrogen) atoms. The molecule has 0 fully saturated rings. The summed E-state index contributed by atoms with van der Waals surface area (Å²) in [5, 5.41) is 0. The van der Waals surface area contributed by atoms with Gasteiger partial charge in [0.1, 0.15) is 0 Å². The predicted octanol–water partition coefficient (Wildman–Crippen LogP) is 1.45. The summed E-state index contributed by atoms with van der Waals surface area (Å²) in [5.74, 6) is 5.01. The zero-order valence-electron chi connectivity index (χ0n) is 14.0. The molecule has 128 valence electrons. The fourth-order valence-electron chi connectivity index (χ4n) is 1.43. The molecule has 7 nitrogen and oxygen atoms in total. The molecule has 0 aromatic heterocycles. The van der Waals surface area contributed by atoms with Crippen molar-refractivity contribution in [2.45, 2.75) is 65.5 Å². The number of rotatable bonds is 13. The topological polar surface area (TPSA) is 81.4 Å². The van der Waals surface area contributed by atoms with Crippen LogP contribution in [-0.2, 0) is 28.5 Å². The largest absolute Gasteiger partial charge is 0.373 e. The van der Waals surface area contributed by atoms with Gasteiger partial charge in [0.15, 0.2) is 12.6 Å². The maximum atomic E-state index is 5.64. The summed E-state index contributed by atoms with van der Waals surface area (Å²) < 4.78 is 27.1. The molecule has 0 radical (unpaired) electrons.